The predicted molar refractivity (Wildman–Crippen MR) is 49.4 cm³/mol. The molecular weight excluding hydrogens is 134 g/mol. The van der Waals surface area contributed by atoms with E-state index in [4.69, 9.17) is 5.73 Å². The van der Waals surface area contributed by atoms with Crippen molar-refractivity contribution in [2.45, 2.75) is 52.5 Å². The zero-order valence-corrected chi connectivity index (χ0v) is 8.06. The van der Waals surface area contributed by atoms with Gasteiger partial charge in [0.25, 0.3) is 0 Å². The van der Waals surface area contributed by atoms with Crippen molar-refractivity contribution in [3.63, 3.8) is 0 Å². The van der Waals surface area contributed by atoms with Crippen LogP contribution in [-0.2, 0) is 0 Å². The molecule has 66 valence electrons. The Morgan fingerprint density at radius 1 is 1.36 bits per heavy atom. The number of hydrogen-bond donors (Lipinski definition) is 1. The summed E-state index contributed by atoms with van der Waals surface area (Å²) in [6.07, 6.45) is 5.13. The maximum absolute atomic E-state index is 5.88. The summed E-state index contributed by atoms with van der Waals surface area (Å²) < 4.78 is 0. The van der Waals surface area contributed by atoms with Crippen molar-refractivity contribution in [3.8, 4) is 0 Å². The molecule has 0 saturated heterocycles. The van der Waals surface area contributed by atoms with Gasteiger partial charge in [-0.05, 0) is 30.6 Å². The molecule has 0 aromatic heterocycles. The molecule has 2 N–H and O–H groups in total. The fourth-order valence-electron chi connectivity index (χ4n) is 2.01. The molecule has 0 bridgehead atoms. The van der Waals surface area contributed by atoms with E-state index in [9.17, 15) is 0 Å². The van der Waals surface area contributed by atoms with Crippen LogP contribution in [0.4, 0.5) is 0 Å². The number of nitrogens with two attached hydrogens (primary N) is 1. The minimum absolute atomic E-state index is 0.492. The van der Waals surface area contributed by atoms with Crippen LogP contribution in [0.2, 0.25) is 0 Å². The summed E-state index contributed by atoms with van der Waals surface area (Å²) in [5, 5.41) is 0. The van der Waals surface area contributed by atoms with Gasteiger partial charge in [0.15, 0.2) is 0 Å². The highest BCUT2D eigenvalue weighted by Crippen LogP contribution is 2.40. The van der Waals surface area contributed by atoms with Gasteiger partial charge in [0.1, 0.15) is 0 Å². The Morgan fingerprint density at radius 3 is 2.36 bits per heavy atom. The molecule has 2 atom stereocenters. The van der Waals surface area contributed by atoms with Crippen LogP contribution in [0.5, 0.6) is 0 Å². The van der Waals surface area contributed by atoms with E-state index >= 15 is 0 Å². The largest absolute Gasteiger partial charge is 0.328 e. The first-order valence-corrected chi connectivity index (χ1v) is 4.82. The van der Waals surface area contributed by atoms with Crippen LogP contribution in [0.1, 0.15) is 46.5 Å². The van der Waals surface area contributed by atoms with Crippen molar-refractivity contribution in [2.24, 2.45) is 17.1 Å². The molecule has 1 fully saturated rings. The van der Waals surface area contributed by atoms with Gasteiger partial charge in [-0.2, -0.15) is 0 Å². The lowest BCUT2D eigenvalue weighted by Gasteiger charge is -2.30. The van der Waals surface area contributed by atoms with Crippen LogP contribution in [-0.4, -0.2) is 6.04 Å². The Hall–Kier alpha value is -0.0400. The SMILES string of the molecule is CCC(C)(C)C1CCC(N)C1. The van der Waals surface area contributed by atoms with Crippen LogP contribution in [0.3, 0.4) is 0 Å². The van der Waals surface area contributed by atoms with Crippen LogP contribution in [0.15, 0.2) is 0 Å². The van der Waals surface area contributed by atoms with Gasteiger partial charge in [-0.15, -0.1) is 0 Å². The highest BCUT2D eigenvalue weighted by atomic mass is 14.7. The molecule has 1 aliphatic carbocycles. The molecule has 1 heteroatoms. The normalized spacial score (nSPS) is 32.7. The summed E-state index contributed by atoms with van der Waals surface area (Å²) in [4.78, 5) is 0. The van der Waals surface area contributed by atoms with Crippen LogP contribution >= 0.6 is 0 Å². The lowest BCUT2D eigenvalue weighted by Crippen LogP contribution is -2.23. The molecule has 2 unspecified atom stereocenters. The first-order chi connectivity index (χ1) is 5.06. The third kappa shape index (κ3) is 1.96. The minimum Gasteiger partial charge on any atom is -0.328 e. The van der Waals surface area contributed by atoms with Gasteiger partial charge < -0.3 is 5.73 Å². The summed E-state index contributed by atoms with van der Waals surface area (Å²) in [6, 6.07) is 0.492. The summed E-state index contributed by atoms with van der Waals surface area (Å²) >= 11 is 0. The Labute approximate surface area is 70.4 Å². The fourth-order valence-corrected chi connectivity index (χ4v) is 2.01. The standard InChI is InChI=1S/C10H21N/c1-4-10(2,3)8-5-6-9(11)7-8/h8-9H,4-7,11H2,1-3H3. The lowest BCUT2D eigenvalue weighted by atomic mass is 9.76. The summed E-state index contributed by atoms with van der Waals surface area (Å²) in [6.45, 7) is 7.02. The molecule has 0 aliphatic heterocycles. The number of rotatable bonds is 2. The van der Waals surface area contributed by atoms with Crippen LogP contribution in [0.25, 0.3) is 0 Å². The first-order valence-electron chi connectivity index (χ1n) is 4.82. The monoisotopic (exact) mass is 155 g/mol. The van der Waals surface area contributed by atoms with E-state index in [-0.39, 0.29) is 0 Å². The Morgan fingerprint density at radius 2 is 2.00 bits per heavy atom. The molecule has 0 radical (unpaired) electrons. The van der Waals surface area contributed by atoms with Gasteiger partial charge in [-0.3, -0.25) is 0 Å². The van der Waals surface area contributed by atoms with E-state index in [1.807, 2.05) is 0 Å². The molecular formula is C10H21N. The highest BCUT2D eigenvalue weighted by Gasteiger charge is 2.33. The summed E-state index contributed by atoms with van der Waals surface area (Å²) in [5.74, 6) is 0.877. The van der Waals surface area contributed by atoms with Gasteiger partial charge in [-0.1, -0.05) is 27.2 Å². The quantitative estimate of drug-likeness (QED) is 0.651. The average molecular weight is 155 g/mol. The molecule has 1 saturated carbocycles. The third-order valence-electron chi connectivity index (χ3n) is 3.49. The zero-order valence-electron chi connectivity index (χ0n) is 8.06. The summed E-state index contributed by atoms with van der Waals surface area (Å²) in [5.41, 5.74) is 6.40. The molecule has 11 heavy (non-hydrogen) atoms. The molecule has 0 aromatic carbocycles. The van der Waals surface area contributed by atoms with Gasteiger partial charge in [-0.25, -0.2) is 0 Å². The van der Waals surface area contributed by atoms with E-state index in [1.165, 1.54) is 25.7 Å². The van der Waals surface area contributed by atoms with E-state index in [0.29, 0.717) is 11.5 Å². The second kappa shape index (κ2) is 3.14. The Bertz CT molecular complexity index is 129. The van der Waals surface area contributed by atoms with Gasteiger partial charge >= 0.3 is 0 Å². The second-order valence-corrected chi connectivity index (χ2v) is 4.61. The van der Waals surface area contributed by atoms with Crippen molar-refractivity contribution < 1.29 is 0 Å². The highest BCUT2D eigenvalue weighted by molar-refractivity contribution is 4.86. The third-order valence-corrected chi connectivity index (χ3v) is 3.49. The van der Waals surface area contributed by atoms with Crippen molar-refractivity contribution in [1.29, 1.82) is 0 Å². The molecule has 0 amide bonds. The van der Waals surface area contributed by atoms with Gasteiger partial charge in [0, 0.05) is 6.04 Å². The molecule has 1 nitrogen and oxygen atoms in total. The van der Waals surface area contributed by atoms with Crippen molar-refractivity contribution in [1.82, 2.24) is 0 Å². The second-order valence-electron chi connectivity index (χ2n) is 4.61. The maximum Gasteiger partial charge on any atom is 0.00417 e. The average Bonchev–Trinajstić information content (AvgIpc) is 2.36. The van der Waals surface area contributed by atoms with Crippen molar-refractivity contribution in [2.75, 3.05) is 0 Å². The van der Waals surface area contributed by atoms with E-state index in [2.05, 4.69) is 20.8 Å². The van der Waals surface area contributed by atoms with Crippen molar-refractivity contribution in [3.05, 3.63) is 0 Å². The van der Waals surface area contributed by atoms with Crippen molar-refractivity contribution >= 4 is 0 Å². The summed E-state index contributed by atoms with van der Waals surface area (Å²) in [7, 11) is 0. The molecule has 0 spiro atoms. The first kappa shape index (κ1) is 9.05. The van der Waals surface area contributed by atoms with E-state index < -0.39 is 0 Å². The van der Waals surface area contributed by atoms with E-state index in [0.717, 1.165) is 5.92 Å². The molecule has 0 aromatic rings. The maximum atomic E-state index is 5.88. The number of hydrogen-bond acceptors (Lipinski definition) is 1. The Kier molecular flexibility index (Phi) is 2.58. The zero-order chi connectivity index (χ0) is 8.48. The minimum atomic E-state index is 0.492. The molecule has 0 heterocycles. The predicted octanol–water partition coefficient (Wildman–Crippen LogP) is 2.55. The molecule has 1 rings (SSSR count). The van der Waals surface area contributed by atoms with Gasteiger partial charge in [0.05, 0.1) is 0 Å². The van der Waals surface area contributed by atoms with Crippen LogP contribution in [0, 0.1) is 11.3 Å². The fraction of sp³-hybridized carbons (Fsp3) is 1.00. The van der Waals surface area contributed by atoms with Gasteiger partial charge in [0.2, 0.25) is 0 Å². The Balaban J connectivity index is 2.48. The smallest absolute Gasteiger partial charge is 0.00417 e. The van der Waals surface area contributed by atoms with E-state index in [1.54, 1.807) is 0 Å². The topological polar surface area (TPSA) is 26.0 Å². The lowest BCUT2D eigenvalue weighted by molar-refractivity contribution is 0.206. The van der Waals surface area contributed by atoms with Crippen LogP contribution < -0.4 is 5.73 Å². The molecule has 1 aliphatic rings.